The maximum absolute atomic E-state index is 10.7. The molecule has 0 aromatic rings. The number of unbranched alkanes of at least 4 members (excludes halogenated alkanes) is 10. The second kappa shape index (κ2) is 37.5. The van der Waals surface area contributed by atoms with E-state index >= 15 is 0 Å². The van der Waals surface area contributed by atoms with Crippen molar-refractivity contribution in [1.29, 1.82) is 0 Å². The lowest BCUT2D eigenvalue weighted by Gasteiger charge is -2.37. The van der Waals surface area contributed by atoms with Gasteiger partial charge in [0.2, 0.25) is 0 Å². The van der Waals surface area contributed by atoms with E-state index in [4.69, 9.17) is 11.5 Å². The summed E-state index contributed by atoms with van der Waals surface area (Å²) in [4.78, 5) is 4.73. The lowest BCUT2D eigenvalue weighted by Crippen LogP contribution is -2.50. The highest BCUT2D eigenvalue weighted by Crippen LogP contribution is 2.17. The van der Waals surface area contributed by atoms with Crippen LogP contribution in [0.1, 0.15) is 143 Å². The molecule has 0 rings (SSSR count). The average Bonchev–Trinajstić information content (AvgIpc) is 3.10. The van der Waals surface area contributed by atoms with Gasteiger partial charge in [0.15, 0.2) is 0 Å². The predicted molar refractivity (Wildman–Crippen MR) is 217 cm³/mol. The summed E-state index contributed by atoms with van der Waals surface area (Å²) >= 11 is 0. The Kier molecular flexibility index (Phi) is 36.1. The third-order valence-corrected chi connectivity index (χ3v) is 8.76. The molecule has 284 valence electrons. The zero-order valence-electron chi connectivity index (χ0n) is 32.3. The monoisotopic (exact) mass is 685 g/mol. The molecule has 0 aromatic carbocycles. The third kappa shape index (κ3) is 31.9. The molecule has 6 heteroatoms. The van der Waals surface area contributed by atoms with Gasteiger partial charge in [-0.3, -0.25) is 9.80 Å². The van der Waals surface area contributed by atoms with Gasteiger partial charge in [0, 0.05) is 32.2 Å². The van der Waals surface area contributed by atoms with Crippen LogP contribution >= 0.6 is 0 Å². The van der Waals surface area contributed by atoms with Crippen molar-refractivity contribution >= 4 is 0 Å². The molecule has 3 atom stereocenters. The van der Waals surface area contributed by atoms with Gasteiger partial charge in [0.25, 0.3) is 0 Å². The first-order valence-electron chi connectivity index (χ1n) is 20.2. The Morgan fingerprint density at radius 2 is 1.02 bits per heavy atom. The first kappa shape index (κ1) is 47.2. The van der Waals surface area contributed by atoms with Crippen molar-refractivity contribution in [3.8, 4) is 0 Å². The van der Waals surface area contributed by atoms with Crippen molar-refractivity contribution in [2.45, 2.75) is 161 Å². The van der Waals surface area contributed by atoms with Crippen LogP contribution in [0.5, 0.6) is 0 Å². The van der Waals surface area contributed by atoms with E-state index in [1.807, 2.05) is 0 Å². The van der Waals surface area contributed by atoms with Crippen LogP contribution in [0, 0.1) is 0 Å². The van der Waals surface area contributed by atoms with Gasteiger partial charge < -0.3 is 21.7 Å². The van der Waals surface area contributed by atoms with Crippen molar-refractivity contribution in [2.24, 2.45) is 11.5 Å². The highest BCUT2D eigenvalue weighted by molar-refractivity contribution is 5.01. The maximum Gasteiger partial charge on any atom is 0.0789 e. The van der Waals surface area contributed by atoms with E-state index in [9.17, 15) is 10.2 Å². The minimum absolute atomic E-state index is 0.210. The Bertz CT molecular complexity index is 866. The summed E-state index contributed by atoms with van der Waals surface area (Å²) in [6.07, 6.45) is 47.8. The normalized spacial score (nSPS) is 14.9. The molecule has 0 spiro atoms. The highest BCUT2D eigenvalue weighted by Gasteiger charge is 2.22. The second-order valence-corrected chi connectivity index (χ2v) is 13.5. The summed E-state index contributed by atoms with van der Waals surface area (Å²) in [5.41, 5.74) is 11.8. The van der Waals surface area contributed by atoms with Crippen molar-refractivity contribution in [2.75, 3.05) is 39.4 Å². The smallest absolute Gasteiger partial charge is 0.0789 e. The van der Waals surface area contributed by atoms with Gasteiger partial charge in [-0.1, -0.05) is 151 Å². The van der Waals surface area contributed by atoms with Gasteiger partial charge >= 0.3 is 0 Å². The van der Waals surface area contributed by atoms with Gasteiger partial charge in [-0.15, -0.1) is 0 Å². The van der Waals surface area contributed by atoms with Gasteiger partial charge in [-0.25, -0.2) is 0 Å². The van der Waals surface area contributed by atoms with E-state index in [-0.39, 0.29) is 19.1 Å². The summed E-state index contributed by atoms with van der Waals surface area (Å²) in [6, 6.07) is 0.210. The number of allylic oxidation sites excluding steroid dienone is 11. The van der Waals surface area contributed by atoms with E-state index < -0.39 is 12.2 Å². The number of hydrogen-bond donors (Lipinski definition) is 4. The van der Waals surface area contributed by atoms with Crippen LogP contribution in [0.3, 0.4) is 0 Å². The van der Waals surface area contributed by atoms with Crippen molar-refractivity contribution < 1.29 is 10.2 Å². The van der Waals surface area contributed by atoms with Crippen molar-refractivity contribution in [3.05, 3.63) is 72.9 Å². The number of hydrogen-bond acceptors (Lipinski definition) is 6. The van der Waals surface area contributed by atoms with E-state index in [2.05, 4.69) is 103 Å². The Morgan fingerprint density at radius 3 is 1.61 bits per heavy atom. The van der Waals surface area contributed by atoms with Crippen LogP contribution in [0.25, 0.3) is 0 Å². The van der Waals surface area contributed by atoms with Crippen LogP contribution in [-0.2, 0) is 0 Å². The molecule has 0 aliphatic carbocycles. The van der Waals surface area contributed by atoms with Gasteiger partial charge in [-0.05, 0) is 70.8 Å². The molecule has 0 amide bonds. The lowest BCUT2D eigenvalue weighted by atomic mass is 10.0. The molecule has 0 heterocycles. The minimum Gasteiger partial charge on any atom is -0.390 e. The molecule has 49 heavy (non-hydrogen) atoms. The van der Waals surface area contributed by atoms with E-state index in [0.717, 1.165) is 64.3 Å². The van der Waals surface area contributed by atoms with Crippen LogP contribution in [0.2, 0.25) is 0 Å². The van der Waals surface area contributed by atoms with Crippen LogP contribution in [-0.4, -0.2) is 77.7 Å². The number of nitrogens with zero attached hydrogens (tertiary/aromatic N) is 2. The summed E-state index contributed by atoms with van der Waals surface area (Å²) in [5, 5.41) is 21.2. The molecule has 0 fully saturated rings. The maximum atomic E-state index is 10.7. The molecule has 0 aliphatic rings. The minimum atomic E-state index is -0.582. The fourth-order valence-electron chi connectivity index (χ4n) is 5.83. The lowest BCUT2D eigenvalue weighted by molar-refractivity contribution is 0.0320. The Morgan fingerprint density at radius 1 is 0.531 bits per heavy atom. The molecular formula is C43H80N4O2. The third-order valence-electron chi connectivity index (χ3n) is 8.76. The number of nitrogens with two attached hydrogens (primary N) is 2. The number of aliphatic hydroxyl groups excluding tert-OH is 2. The summed E-state index contributed by atoms with van der Waals surface area (Å²) < 4.78 is 0. The van der Waals surface area contributed by atoms with Crippen molar-refractivity contribution in [1.82, 2.24) is 9.80 Å². The van der Waals surface area contributed by atoms with E-state index in [0.29, 0.717) is 19.8 Å². The molecule has 0 saturated carbocycles. The number of aliphatic hydroxyl groups is 2. The van der Waals surface area contributed by atoms with E-state index in [1.165, 1.54) is 64.2 Å². The summed E-state index contributed by atoms with van der Waals surface area (Å²) in [5.74, 6) is 0. The number of rotatable bonds is 35. The summed E-state index contributed by atoms with van der Waals surface area (Å²) in [7, 11) is 0. The fourth-order valence-corrected chi connectivity index (χ4v) is 5.83. The molecule has 0 aromatic heterocycles. The Hall–Kier alpha value is -1.80. The van der Waals surface area contributed by atoms with Crippen LogP contribution < -0.4 is 11.5 Å². The van der Waals surface area contributed by atoms with Crippen molar-refractivity contribution in [3.63, 3.8) is 0 Å². The Balaban J connectivity index is 5.10. The first-order valence-corrected chi connectivity index (χ1v) is 20.2. The largest absolute Gasteiger partial charge is 0.390 e. The van der Waals surface area contributed by atoms with Crippen LogP contribution in [0.4, 0.5) is 0 Å². The molecule has 3 unspecified atom stereocenters. The highest BCUT2D eigenvalue weighted by atomic mass is 16.3. The fraction of sp³-hybridized carbons (Fsp3) is 0.721. The first-order chi connectivity index (χ1) is 24.0. The average molecular weight is 685 g/mol. The SMILES string of the molecule is CC/C=C\C/C=C\C/C=C\C(CCCCCCC)N(CC(O)CN)CN(CCCCCCCC/C=C/C/C=C\C/C=C\CC)CC(O)CN. The quantitative estimate of drug-likeness (QED) is 0.0302. The molecule has 6 nitrogen and oxygen atoms in total. The standard InChI is InChI=1S/C43H80N4O2/c1-4-7-10-13-15-17-18-19-20-21-22-23-24-26-29-32-35-46(38-42(48)36-44)40-47(39-43(49)37-45)41(33-30-27-12-9-6-3)34-31-28-25-16-14-11-8-5-2/h7-8,10-11,15-17,19-20,25,31,34,41-43,48-49H,4-6,9,12-14,18,21-24,26-30,32-33,35-40,44-45H2,1-3H3/b10-7-,11-8-,17-15-,20-19+,25-16-,34-31-. The molecular weight excluding hydrogens is 604 g/mol. The summed E-state index contributed by atoms with van der Waals surface area (Å²) in [6.45, 7) is 9.75. The zero-order valence-corrected chi connectivity index (χ0v) is 32.3. The zero-order chi connectivity index (χ0) is 36.0. The molecule has 0 bridgehead atoms. The second-order valence-electron chi connectivity index (χ2n) is 13.5. The predicted octanol–water partition coefficient (Wildman–Crippen LogP) is 9.36. The van der Waals surface area contributed by atoms with Gasteiger partial charge in [0.05, 0.1) is 18.9 Å². The molecule has 0 saturated heterocycles. The van der Waals surface area contributed by atoms with E-state index in [1.54, 1.807) is 0 Å². The van der Waals surface area contributed by atoms with Crippen LogP contribution in [0.15, 0.2) is 72.9 Å². The molecule has 0 aliphatic heterocycles. The van der Waals surface area contributed by atoms with Gasteiger partial charge in [-0.2, -0.15) is 0 Å². The topological polar surface area (TPSA) is 99.0 Å². The molecule has 0 radical (unpaired) electrons. The molecule has 6 N–H and O–H groups in total. The Labute approximate surface area is 304 Å². The van der Waals surface area contributed by atoms with Gasteiger partial charge in [0.1, 0.15) is 0 Å².